The van der Waals surface area contributed by atoms with Gasteiger partial charge in [-0.05, 0) is 6.07 Å². The number of primary sulfonamides is 1. The first-order chi connectivity index (χ1) is 8.95. The number of pyridine rings is 1. The van der Waals surface area contributed by atoms with E-state index >= 15 is 0 Å². The molecule has 0 saturated carbocycles. The number of halogens is 5. The van der Waals surface area contributed by atoms with Crippen LogP contribution in [-0.2, 0) is 16.6 Å². The number of nitrogens with two attached hydrogens (primary N) is 2. The van der Waals surface area contributed by atoms with Crippen LogP contribution in [0.4, 0.5) is 22.0 Å². The van der Waals surface area contributed by atoms with E-state index in [1.807, 2.05) is 0 Å². The van der Waals surface area contributed by atoms with Crippen LogP contribution in [0.3, 0.4) is 0 Å². The van der Waals surface area contributed by atoms with E-state index < -0.39 is 51.4 Å². The number of sulfonamides is 1. The Hall–Kier alpha value is -1.53. The Morgan fingerprint density at radius 2 is 1.90 bits per heavy atom. The maximum absolute atomic E-state index is 12.5. The molecule has 1 rings (SSSR count). The van der Waals surface area contributed by atoms with Gasteiger partial charge in [0.05, 0.1) is 4.90 Å². The predicted octanol–water partition coefficient (Wildman–Crippen LogP) is 1.02. The molecule has 0 amide bonds. The minimum Gasteiger partial charge on any atom is -0.387 e. The van der Waals surface area contributed by atoms with Crippen molar-refractivity contribution in [1.82, 2.24) is 4.98 Å². The van der Waals surface area contributed by atoms with Crippen LogP contribution in [0.15, 0.2) is 11.0 Å². The van der Waals surface area contributed by atoms with Crippen LogP contribution in [0.1, 0.15) is 17.7 Å². The predicted molar refractivity (Wildman–Crippen MR) is 55.1 cm³/mol. The van der Waals surface area contributed by atoms with Crippen LogP contribution < -0.4 is 15.6 Å². The van der Waals surface area contributed by atoms with E-state index in [9.17, 15) is 30.4 Å². The number of ether oxygens (including phenoxy) is 1. The molecular weight excluding hydrogens is 313 g/mol. The molecule has 4 N–H and O–H groups in total. The number of rotatable bonds is 4. The van der Waals surface area contributed by atoms with Crippen LogP contribution in [0, 0.1) is 0 Å². The maximum atomic E-state index is 12.5. The molecule has 0 spiro atoms. The smallest absolute Gasteiger partial charge is 0.387 e. The molecule has 0 saturated heterocycles. The molecule has 1 aromatic rings. The standard InChI is InChI=1S/C8H8F5N3O3S/c9-6(10)4-1-5(20(15,17)18)3(2-14)7(16-4)19-8(11,12)13/h1,6H,2,14H2,(H2,15,17,18). The molecule has 1 aromatic heterocycles. The second-order valence-corrected chi connectivity index (χ2v) is 4.96. The summed E-state index contributed by atoms with van der Waals surface area (Å²) in [6.07, 6.45) is -8.58. The van der Waals surface area contributed by atoms with Crippen molar-refractivity contribution in [3.63, 3.8) is 0 Å². The van der Waals surface area contributed by atoms with E-state index in [-0.39, 0.29) is 0 Å². The van der Waals surface area contributed by atoms with Crippen LogP contribution in [0.25, 0.3) is 0 Å². The van der Waals surface area contributed by atoms with Crippen molar-refractivity contribution < 1.29 is 35.1 Å². The van der Waals surface area contributed by atoms with Crippen LogP contribution in [-0.4, -0.2) is 19.8 Å². The molecule has 6 nitrogen and oxygen atoms in total. The lowest BCUT2D eigenvalue weighted by atomic mass is 10.2. The summed E-state index contributed by atoms with van der Waals surface area (Å²) in [7, 11) is -4.58. The van der Waals surface area contributed by atoms with Crippen molar-refractivity contribution in [2.45, 2.75) is 24.2 Å². The van der Waals surface area contributed by atoms with Crippen molar-refractivity contribution in [1.29, 1.82) is 0 Å². The van der Waals surface area contributed by atoms with Gasteiger partial charge in [0.15, 0.2) is 0 Å². The first-order valence-corrected chi connectivity index (χ1v) is 6.31. The highest BCUT2D eigenvalue weighted by molar-refractivity contribution is 7.89. The third kappa shape index (κ3) is 3.98. The maximum Gasteiger partial charge on any atom is 0.574 e. The van der Waals surface area contributed by atoms with Gasteiger partial charge < -0.3 is 10.5 Å². The largest absolute Gasteiger partial charge is 0.574 e. The fraction of sp³-hybridized carbons (Fsp3) is 0.375. The molecule has 1 heterocycles. The van der Waals surface area contributed by atoms with Gasteiger partial charge in [-0.3, -0.25) is 0 Å². The molecule has 12 heteroatoms. The normalized spacial score (nSPS) is 12.8. The fourth-order valence-corrected chi connectivity index (χ4v) is 2.09. The first kappa shape index (κ1) is 16.5. The Balaban J connectivity index is 3.60. The zero-order valence-electron chi connectivity index (χ0n) is 9.49. The van der Waals surface area contributed by atoms with Gasteiger partial charge in [-0.25, -0.2) is 27.3 Å². The molecule has 0 aliphatic heterocycles. The Kier molecular flexibility index (Phi) is 4.51. The lowest BCUT2D eigenvalue weighted by Crippen LogP contribution is -2.23. The summed E-state index contributed by atoms with van der Waals surface area (Å²) in [4.78, 5) is 1.91. The van der Waals surface area contributed by atoms with Gasteiger partial charge in [-0.1, -0.05) is 0 Å². The summed E-state index contributed by atoms with van der Waals surface area (Å²) in [5.74, 6) is -1.37. The highest BCUT2D eigenvalue weighted by Gasteiger charge is 2.35. The first-order valence-electron chi connectivity index (χ1n) is 4.76. The van der Waals surface area contributed by atoms with Gasteiger partial charge in [0.1, 0.15) is 5.69 Å². The number of hydrogen-bond acceptors (Lipinski definition) is 5. The Morgan fingerprint density at radius 3 is 2.25 bits per heavy atom. The second kappa shape index (κ2) is 5.46. The van der Waals surface area contributed by atoms with E-state index in [0.717, 1.165) is 0 Å². The monoisotopic (exact) mass is 321 g/mol. The van der Waals surface area contributed by atoms with Gasteiger partial charge in [-0.2, -0.15) is 0 Å². The highest BCUT2D eigenvalue weighted by atomic mass is 32.2. The number of aromatic nitrogens is 1. The van der Waals surface area contributed by atoms with Crippen LogP contribution in [0.5, 0.6) is 5.88 Å². The van der Waals surface area contributed by atoms with Crippen molar-refractivity contribution in [3.8, 4) is 5.88 Å². The lowest BCUT2D eigenvalue weighted by molar-refractivity contribution is -0.276. The molecule has 114 valence electrons. The number of nitrogens with zero attached hydrogens (tertiary/aromatic N) is 1. The highest BCUT2D eigenvalue weighted by Crippen LogP contribution is 2.31. The second-order valence-electron chi connectivity index (χ2n) is 3.43. The molecule has 0 atom stereocenters. The van der Waals surface area contributed by atoms with Crippen LogP contribution in [0.2, 0.25) is 0 Å². The molecule has 20 heavy (non-hydrogen) atoms. The molecule has 0 aromatic carbocycles. The summed E-state index contributed by atoms with van der Waals surface area (Å²) >= 11 is 0. The molecule has 0 radical (unpaired) electrons. The van der Waals surface area contributed by atoms with E-state index in [0.29, 0.717) is 6.07 Å². The zero-order chi connectivity index (χ0) is 15.7. The van der Waals surface area contributed by atoms with Gasteiger partial charge in [0, 0.05) is 12.1 Å². The summed E-state index contributed by atoms with van der Waals surface area (Å²) in [5, 5.41) is 4.74. The zero-order valence-corrected chi connectivity index (χ0v) is 10.3. The summed E-state index contributed by atoms with van der Waals surface area (Å²) < 4.78 is 87.3. The van der Waals surface area contributed by atoms with E-state index in [2.05, 4.69) is 9.72 Å². The lowest BCUT2D eigenvalue weighted by Gasteiger charge is -2.15. The average Bonchev–Trinajstić information content (AvgIpc) is 2.24. The van der Waals surface area contributed by atoms with E-state index in [4.69, 9.17) is 10.9 Å². The average molecular weight is 321 g/mol. The van der Waals surface area contributed by atoms with Crippen molar-refractivity contribution in [2.24, 2.45) is 10.9 Å². The van der Waals surface area contributed by atoms with E-state index in [1.165, 1.54) is 0 Å². The SMILES string of the molecule is NCc1c(S(N)(=O)=O)cc(C(F)F)nc1OC(F)(F)F. The number of hydrogen-bond donors (Lipinski definition) is 2. The van der Waals surface area contributed by atoms with Gasteiger partial charge in [-0.15, -0.1) is 13.2 Å². The summed E-state index contributed by atoms with van der Waals surface area (Å²) in [6.45, 7) is -0.756. The molecule has 0 fully saturated rings. The number of alkyl halides is 5. The van der Waals surface area contributed by atoms with Crippen LogP contribution >= 0.6 is 0 Å². The minimum absolute atomic E-state index is 0.353. The van der Waals surface area contributed by atoms with Gasteiger partial charge >= 0.3 is 6.36 Å². The summed E-state index contributed by atoms with van der Waals surface area (Å²) in [6, 6.07) is 0.353. The Bertz CT molecular complexity index is 602. The minimum atomic E-state index is -5.26. The third-order valence-electron chi connectivity index (χ3n) is 2.01. The Morgan fingerprint density at radius 1 is 1.35 bits per heavy atom. The Labute approximate surface area is 109 Å². The molecule has 0 aliphatic carbocycles. The molecule has 0 unspecified atom stereocenters. The van der Waals surface area contributed by atoms with Gasteiger partial charge in [0.2, 0.25) is 15.9 Å². The van der Waals surface area contributed by atoms with E-state index in [1.54, 1.807) is 0 Å². The van der Waals surface area contributed by atoms with Crippen molar-refractivity contribution >= 4 is 10.0 Å². The fourth-order valence-electron chi connectivity index (χ4n) is 1.29. The topological polar surface area (TPSA) is 108 Å². The summed E-state index contributed by atoms with van der Waals surface area (Å²) in [5.41, 5.74) is 3.13. The molecular formula is C8H8F5N3O3S. The molecule has 0 aliphatic rings. The quantitative estimate of drug-likeness (QED) is 0.805. The molecule has 0 bridgehead atoms. The van der Waals surface area contributed by atoms with Gasteiger partial charge in [0.25, 0.3) is 6.43 Å². The van der Waals surface area contributed by atoms with Crippen molar-refractivity contribution in [3.05, 3.63) is 17.3 Å². The third-order valence-corrected chi connectivity index (χ3v) is 2.99. The van der Waals surface area contributed by atoms with Crippen molar-refractivity contribution in [2.75, 3.05) is 0 Å².